The zero-order chi connectivity index (χ0) is 18.4. The second-order valence-corrected chi connectivity index (χ2v) is 7.26. The molecule has 3 rings (SSSR count). The first-order valence-electron chi connectivity index (χ1n) is 9.04. The number of nitrogens with zero attached hydrogens (tertiary/aromatic N) is 3. The van der Waals surface area contributed by atoms with Crippen molar-refractivity contribution in [3.8, 4) is 5.75 Å². The summed E-state index contributed by atoms with van der Waals surface area (Å²) in [5.74, 6) is 1.87. The Morgan fingerprint density at radius 1 is 1.33 bits per heavy atom. The van der Waals surface area contributed by atoms with Crippen LogP contribution in [0.5, 0.6) is 5.75 Å². The van der Waals surface area contributed by atoms with Crippen LogP contribution in [0, 0.1) is 0 Å². The summed E-state index contributed by atoms with van der Waals surface area (Å²) < 4.78 is 5.57. The Bertz CT molecular complexity index is 762. The average Bonchev–Trinajstić information content (AvgIpc) is 3.28. The first-order valence-corrected chi connectivity index (χ1v) is 9.92. The van der Waals surface area contributed by atoms with E-state index in [1.54, 1.807) is 11.3 Å². The Hall–Kier alpha value is -1.55. The standard InChI is InChI=1S/C19H27N5OS.HI/c1-4-20-18(22-12-16-13-26-19(23-16)24(2)3)21-9-7-14-5-6-17-15(11-14)8-10-25-17;/h5-6,11,13H,4,7-10,12H2,1-3H3,(H2,20,21,22);1H. The van der Waals surface area contributed by atoms with Crippen LogP contribution in [0.2, 0.25) is 0 Å². The number of rotatable bonds is 7. The Labute approximate surface area is 182 Å². The molecule has 0 atom stereocenters. The third-order valence-corrected chi connectivity index (χ3v) is 5.18. The van der Waals surface area contributed by atoms with Crippen LogP contribution >= 0.6 is 35.3 Å². The third-order valence-electron chi connectivity index (χ3n) is 4.13. The lowest BCUT2D eigenvalue weighted by molar-refractivity contribution is 0.357. The lowest BCUT2D eigenvalue weighted by Gasteiger charge is -2.11. The molecular formula is C19H28IN5OS. The van der Waals surface area contributed by atoms with Gasteiger partial charge in [-0.25, -0.2) is 9.98 Å². The van der Waals surface area contributed by atoms with Gasteiger partial charge in [0, 0.05) is 39.0 Å². The molecule has 0 saturated carbocycles. The fraction of sp³-hybridized carbons (Fsp3) is 0.474. The summed E-state index contributed by atoms with van der Waals surface area (Å²) in [6.45, 7) is 5.13. The molecule has 1 aromatic carbocycles. The first-order chi connectivity index (χ1) is 12.7. The lowest BCUT2D eigenvalue weighted by atomic mass is 10.1. The summed E-state index contributed by atoms with van der Waals surface area (Å²) in [6.07, 6.45) is 1.97. The van der Waals surface area contributed by atoms with Crippen LogP contribution in [0.25, 0.3) is 0 Å². The van der Waals surface area contributed by atoms with E-state index >= 15 is 0 Å². The molecule has 1 aromatic heterocycles. The summed E-state index contributed by atoms with van der Waals surface area (Å²) in [5, 5.41) is 9.78. The van der Waals surface area contributed by atoms with Crippen molar-refractivity contribution >= 4 is 46.4 Å². The van der Waals surface area contributed by atoms with E-state index < -0.39 is 0 Å². The van der Waals surface area contributed by atoms with Crippen LogP contribution in [0.3, 0.4) is 0 Å². The molecule has 0 unspecified atom stereocenters. The number of halogens is 1. The van der Waals surface area contributed by atoms with Crippen molar-refractivity contribution in [1.82, 2.24) is 15.6 Å². The van der Waals surface area contributed by atoms with E-state index in [1.807, 2.05) is 19.0 Å². The van der Waals surface area contributed by atoms with Crippen molar-refractivity contribution in [1.29, 1.82) is 0 Å². The Kier molecular flexibility index (Phi) is 8.62. The fourth-order valence-electron chi connectivity index (χ4n) is 2.80. The highest BCUT2D eigenvalue weighted by atomic mass is 127. The molecule has 0 saturated heterocycles. The highest BCUT2D eigenvalue weighted by Crippen LogP contribution is 2.25. The maximum Gasteiger partial charge on any atom is 0.191 e. The van der Waals surface area contributed by atoms with Crippen LogP contribution in [0.15, 0.2) is 28.6 Å². The van der Waals surface area contributed by atoms with Crippen LogP contribution in [-0.4, -0.2) is 44.7 Å². The summed E-state index contributed by atoms with van der Waals surface area (Å²) >= 11 is 1.64. The predicted octanol–water partition coefficient (Wildman–Crippen LogP) is 3.06. The van der Waals surface area contributed by atoms with Crippen LogP contribution in [-0.2, 0) is 19.4 Å². The first kappa shape index (κ1) is 21.7. The topological polar surface area (TPSA) is 61.8 Å². The molecule has 1 aliphatic rings. The zero-order valence-corrected chi connectivity index (χ0v) is 19.3. The minimum absolute atomic E-state index is 0. The minimum atomic E-state index is 0. The molecule has 148 valence electrons. The summed E-state index contributed by atoms with van der Waals surface area (Å²) in [6, 6.07) is 6.49. The predicted molar refractivity (Wildman–Crippen MR) is 124 cm³/mol. The van der Waals surface area contributed by atoms with E-state index in [0.717, 1.165) is 55.1 Å². The zero-order valence-electron chi connectivity index (χ0n) is 16.1. The largest absolute Gasteiger partial charge is 0.493 e. The summed E-state index contributed by atoms with van der Waals surface area (Å²) in [5.41, 5.74) is 3.64. The monoisotopic (exact) mass is 501 g/mol. The third kappa shape index (κ3) is 6.24. The molecule has 27 heavy (non-hydrogen) atoms. The normalized spacial score (nSPS) is 12.8. The van der Waals surface area contributed by atoms with Gasteiger partial charge in [0.2, 0.25) is 0 Å². The van der Waals surface area contributed by atoms with Crippen molar-refractivity contribution in [2.24, 2.45) is 4.99 Å². The highest BCUT2D eigenvalue weighted by Gasteiger charge is 2.11. The lowest BCUT2D eigenvalue weighted by Crippen LogP contribution is -2.38. The molecule has 2 aromatic rings. The molecule has 0 fully saturated rings. The van der Waals surface area contributed by atoms with Gasteiger partial charge in [-0.1, -0.05) is 12.1 Å². The van der Waals surface area contributed by atoms with E-state index in [0.29, 0.717) is 6.54 Å². The van der Waals surface area contributed by atoms with E-state index in [2.05, 4.69) is 51.1 Å². The van der Waals surface area contributed by atoms with E-state index in [4.69, 9.17) is 4.74 Å². The van der Waals surface area contributed by atoms with Gasteiger partial charge in [-0.3, -0.25) is 0 Å². The SMILES string of the molecule is CCNC(=NCc1csc(N(C)C)n1)NCCc1ccc2c(c1)CCO2.I. The number of aliphatic imine (C=N–C) groups is 1. The second kappa shape index (κ2) is 10.7. The van der Waals surface area contributed by atoms with Crippen molar-refractivity contribution < 1.29 is 4.74 Å². The molecular weight excluding hydrogens is 473 g/mol. The van der Waals surface area contributed by atoms with Gasteiger partial charge in [0.25, 0.3) is 0 Å². The van der Waals surface area contributed by atoms with Crippen LogP contribution in [0.1, 0.15) is 23.7 Å². The number of hydrogen-bond acceptors (Lipinski definition) is 5. The Morgan fingerprint density at radius 2 is 2.19 bits per heavy atom. The van der Waals surface area contributed by atoms with Crippen LogP contribution in [0.4, 0.5) is 5.13 Å². The van der Waals surface area contributed by atoms with Crippen LogP contribution < -0.4 is 20.3 Å². The number of anilines is 1. The van der Waals surface area contributed by atoms with Gasteiger partial charge in [0.15, 0.2) is 11.1 Å². The molecule has 0 amide bonds. The number of hydrogen-bond donors (Lipinski definition) is 2. The molecule has 0 aliphatic carbocycles. The summed E-state index contributed by atoms with van der Waals surface area (Å²) in [4.78, 5) is 11.2. The molecule has 0 bridgehead atoms. The molecule has 6 nitrogen and oxygen atoms in total. The fourth-order valence-corrected chi connectivity index (χ4v) is 3.55. The van der Waals surface area contributed by atoms with Gasteiger partial charge in [-0.05, 0) is 30.5 Å². The van der Waals surface area contributed by atoms with E-state index in [9.17, 15) is 0 Å². The number of benzene rings is 1. The molecule has 2 N–H and O–H groups in total. The maximum atomic E-state index is 5.57. The molecule has 0 spiro atoms. The maximum absolute atomic E-state index is 5.57. The minimum Gasteiger partial charge on any atom is -0.493 e. The number of fused-ring (bicyclic) bond motifs is 1. The van der Waals surface area contributed by atoms with Gasteiger partial charge in [-0.2, -0.15) is 0 Å². The molecule has 0 radical (unpaired) electrons. The second-order valence-electron chi connectivity index (χ2n) is 6.43. The Morgan fingerprint density at radius 3 is 2.93 bits per heavy atom. The number of aromatic nitrogens is 1. The Balaban J connectivity index is 0.00000261. The van der Waals surface area contributed by atoms with Gasteiger partial charge in [0.05, 0.1) is 18.8 Å². The van der Waals surface area contributed by atoms with Crippen molar-refractivity contribution in [2.75, 3.05) is 38.7 Å². The van der Waals surface area contributed by atoms with E-state index in [-0.39, 0.29) is 24.0 Å². The highest BCUT2D eigenvalue weighted by molar-refractivity contribution is 14.0. The number of nitrogens with one attached hydrogen (secondary N) is 2. The molecule has 2 heterocycles. The number of guanidine groups is 1. The van der Waals surface area contributed by atoms with Gasteiger partial charge in [0.1, 0.15) is 5.75 Å². The smallest absolute Gasteiger partial charge is 0.191 e. The quantitative estimate of drug-likeness (QED) is 0.347. The van der Waals surface area contributed by atoms with Gasteiger partial charge in [-0.15, -0.1) is 35.3 Å². The summed E-state index contributed by atoms with van der Waals surface area (Å²) in [7, 11) is 4.01. The average molecular weight is 501 g/mol. The number of ether oxygens (including phenoxy) is 1. The van der Waals surface area contributed by atoms with Crippen molar-refractivity contribution in [2.45, 2.75) is 26.3 Å². The molecule has 8 heteroatoms. The number of thiazole rings is 1. The van der Waals surface area contributed by atoms with E-state index in [1.165, 1.54) is 11.1 Å². The van der Waals surface area contributed by atoms with Gasteiger partial charge >= 0.3 is 0 Å². The van der Waals surface area contributed by atoms with Crippen molar-refractivity contribution in [3.05, 3.63) is 40.4 Å². The van der Waals surface area contributed by atoms with Crippen molar-refractivity contribution in [3.63, 3.8) is 0 Å². The molecule has 1 aliphatic heterocycles. The van der Waals surface area contributed by atoms with Gasteiger partial charge < -0.3 is 20.3 Å².